The molecule has 0 atom stereocenters. The molecular formula is C18H28N4O4. The molecule has 1 aliphatic heterocycles. The summed E-state index contributed by atoms with van der Waals surface area (Å²) in [5, 5.41) is 6.88. The van der Waals surface area contributed by atoms with Gasteiger partial charge in [0.2, 0.25) is 11.8 Å². The highest BCUT2D eigenvalue weighted by Gasteiger charge is 2.22. The largest absolute Gasteiger partial charge is 0.464 e. The topological polar surface area (TPSA) is 93.5 Å². The summed E-state index contributed by atoms with van der Waals surface area (Å²) >= 11 is 0. The Morgan fingerprint density at radius 1 is 1.12 bits per heavy atom. The van der Waals surface area contributed by atoms with Gasteiger partial charge in [-0.1, -0.05) is 12.8 Å². The number of nitrogens with zero attached hydrogens (tertiary/aromatic N) is 3. The average Bonchev–Trinajstić information content (AvgIpc) is 2.81. The predicted octanol–water partition coefficient (Wildman–Crippen LogP) is 2.03. The summed E-state index contributed by atoms with van der Waals surface area (Å²) < 4.78 is 6.13. The van der Waals surface area contributed by atoms with Crippen LogP contribution in [-0.4, -0.2) is 52.7 Å². The van der Waals surface area contributed by atoms with Gasteiger partial charge in [0, 0.05) is 33.0 Å². The number of amides is 2. The molecule has 8 nitrogen and oxygen atoms in total. The lowest BCUT2D eigenvalue weighted by molar-refractivity contribution is -0.131. The van der Waals surface area contributed by atoms with Crippen LogP contribution in [0.25, 0.3) is 0 Å². The molecule has 0 aromatic carbocycles. The standard InChI is InChI=1S/C18H28N4O4/c1-13-16(17(18(25)26-3)21(2)20-13)19-14(23)9-8-10-15(24)22-11-6-4-5-7-12-22/h4-12H2,1-3H3,(H,19,23). The number of esters is 1. The van der Waals surface area contributed by atoms with Crippen molar-refractivity contribution in [3.05, 3.63) is 11.4 Å². The van der Waals surface area contributed by atoms with E-state index in [0.717, 1.165) is 25.9 Å². The molecule has 1 saturated heterocycles. The molecule has 1 fully saturated rings. The van der Waals surface area contributed by atoms with Crippen LogP contribution in [0.4, 0.5) is 5.69 Å². The molecule has 1 aromatic heterocycles. The number of carbonyl (C=O) groups is 3. The van der Waals surface area contributed by atoms with Crippen LogP contribution in [0.5, 0.6) is 0 Å². The number of ether oxygens (including phenoxy) is 1. The number of anilines is 1. The van der Waals surface area contributed by atoms with Crippen LogP contribution < -0.4 is 5.32 Å². The maximum absolute atomic E-state index is 12.3. The number of rotatable bonds is 6. The Balaban J connectivity index is 1.86. The van der Waals surface area contributed by atoms with Crippen LogP contribution in [-0.2, 0) is 21.4 Å². The number of likely N-dealkylation sites (tertiary alicyclic amines) is 1. The second-order valence-electron chi connectivity index (χ2n) is 6.62. The molecule has 0 saturated carbocycles. The van der Waals surface area contributed by atoms with E-state index in [4.69, 9.17) is 4.74 Å². The Bertz CT molecular complexity index is 660. The number of hydrogen-bond acceptors (Lipinski definition) is 5. The second kappa shape index (κ2) is 9.35. The molecule has 2 rings (SSSR count). The zero-order valence-electron chi connectivity index (χ0n) is 15.8. The minimum absolute atomic E-state index is 0.118. The lowest BCUT2D eigenvalue weighted by Crippen LogP contribution is -2.31. The van der Waals surface area contributed by atoms with E-state index >= 15 is 0 Å². The van der Waals surface area contributed by atoms with Crippen molar-refractivity contribution < 1.29 is 19.1 Å². The summed E-state index contributed by atoms with van der Waals surface area (Å²) in [4.78, 5) is 38.3. The van der Waals surface area contributed by atoms with Crippen LogP contribution in [0, 0.1) is 6.92 Å². The van der Waals surface area contributed by atoms with E-state index in [9.17, 15) is 14.4 Å². The molecule has 1 aromatic rings. The van der Waals surface area contributed by atoms with E-state index in [0.29, 0.717) is 24.2 Å². The molecule has 0 aliphatic carbocycles. The van der Waals surface area contributed by atoms with Crippen molar-refractivity contribution in [1.29, 1.82) is 0 Å². The minimum Gasteiger partial charge on any atom is -0.464 e. The maximum Gasteiger partial charge on any atom is 0.358 e. The third kappa shape index (κ3) is 5.06. The van der Waals surface area contributed by atoms with Gasteiger partial charge in [0.05, 0.1) is 18.5 Å². The SMILES string of the molecule is COC(=O)c1c(NC(=O)CCCC(=O)N2CCCCCC2)c(C)nn1C. The molecule has 0 spiro atoms. The minimum atomic E-state index is -0.556. The first-order valence-corrected chi connectivity index (χ1v) is 9.13. The summed E-state index contributed by atoms with van der Waals surface area (Å²) in [6.45, 7) is 3.36. The molecule has 1 aliphatic rings. The molecule has 2 heterocycles. The summed E-state index contributed by atoms with van der Waals surface area (Å²) in [6.07, 6.45) is 5.54. The number of aryl methyl sites for hydroxylation is 2. The molecular weight excluding hydrogens is 336 g/mol. The van der Waals surface area contributed by atoms with Gasteiger partial charge in [-0.3, -0.25) is 14.3 Å². The second-order valence-corrected chi connectivity index (χ2v) is 6.62. The van der Waals surface area contributed by atoms with Crippen LogP contribution in [0.2, 0.25) is 0 Å². The lowest BCUT2D eigenvalue weighted by Gasteiger charge is -2.20. The van der Waals surface area contributed by atoms with Crippen molar-refractivity contribution in [2.45, 2.75) is 51.9 Å². The zero-order chi connectivity index (χ0) is 19.1. The van der Waals surface area contributed by atoms with Crippen molar-refractivity contribution in [1.82, 2.24) is 14.7 Å². The highest BCUT2D eigenvalue weighted by molar-refractivity contribution is 6.00. The molecule has 0 radical (unpaired) electrons. The Kier molecular flexibility index (Phi) is 7.17. The van der Waals surface area contributed by atoms with Gasteiger partial charge in [0.1, 0.15) is 0 Å². The molecule has 26 heavy (non-hydrogen) atoms. The first-order chi connectivity index (χ1) is 12.4. The molecule has 1 N–H and O–H groups in total. The third-order valence-electron chi connectivity index (χ3n) is 4.62. The Morgan fingerprint density at radius 3 is 2.38 bits per heavy atom. The van der Waals surface area contributed by atoms with Gasteiger partial charge in [-0.25, -0.2) is 4.79 Å². The highest BCUT2D eigenvalue weighted by Crippen LogP contribution is 2.21. The van der Waals surface area contributed by atoms with Crippen molar-refractivity contribution in [2.75, 3.05) is 25.5 Å². The normalized spacial score (nSPS) is 14.7. The fraction of sp³-hybridized carbons (Fsp3) is 0.667. The van der Waals surface area contributed by atoms with Crippen LogP contribution in [0.3, 0.4) is 0 Å². The van der Waals surface area contributed by atoms with E-state index in [1.807, 2.05) is 4.90 Å². The number of nitrogens with one attached hydrogen (secondary N) is 1. The first kappa shape index (κ1) is 19.9. The Labute approximate surface area is 153 Å². The summed E-state index contributed by atoms with van der Waals surface area (Å²) in [5.41, 5.74) is 1.11. The molecule has 144 valence electrons. The Hall–Kier alpha value is -2.38. The fourth-order valence-corrected chi connectivity index (χ4v) is 3.22. The summed E-state index contributed by atoms with van der Waals surface area (Å²) in [5.74, 6) is -0.679. The van der Waals surface area contributed by atoms with Crippen molar-refractivity contribution in [2.24, 2.45) is 7.05 Å². The van der Waals surface area contributed by atoms with E-state index < -0.39 is 5.97 Å². The fourth-order valence-electron chi connectivity index (χ4n) is 3.22. The van der Waals surface area contributed by atoms with Gasteiger partial charge in [0.15, 0.2) is 5.69 Å². The van der Waals surface area contributed by atoms with Gasteiger partial charge in [-0.2, -0.15) is 5.10 Å². The van der Waals surface area contributed by atoms with E-state index in [1.165, 1.54) is 24.6 Å². The zero-order valence-corrected chi connectivity index (χ0v) is 15.8. The average molecular weight is 364 g/mol. The highest BCUT2D eigenvalue weighted by atomic mass is 16.5. The number of carbonyl (C=O) groups excluding carboxylic acids is 3. The van der Waals surface area contributed by atoms with Gasteiger partial charge in [-0.15, -0.1) is 0 Å². The summed E-state index contributed by atoms with van der Waals surface area (Å²) in [6, 6.07) is 0. The van der Waals surface area contributed by atoms with Crippen molar-refractivity contribution in [3.63, 3.8) is 0 Å². The number of methoxy groups -OCH3 is 1. The van der Waals surface area contributed by atoms with Crippen LogP contribution in [0.15, 0.2) is 0 Å². The van der Waals surface area contributed by atoms with E-state index in [2.05, 4.69) is 10.4 Å². The van der Waals surface area contributed by atoms with Crippen LogP contribution >= 0.6 is 0 Å². The summed E-state index contributed by atoms with van der Waals surface area (Å²) in [7, 11) is 2.90. The van der Waals surface area contributed by atoms with Gasteiger partial charge >= 0.3 is 5.97 Å². The first-order valence-electron chi connectivity index (χ1n) is 9.13. The number of hydrogen-bond donors (Lipinski definition) is 1. The van der Waals surface area contributed by atoms with Gasteiger partial charge in [0.25, 0.3) is 0 Å². The van der Waals surface area contributed by atoms with Crippen molar-refractivity contribution >= 4 is 23.5 Å². The molecule has 8 heteroatoms. The third-order valence-corrected chi connectivity index (χ3v) is 4.62. The Morgan fingerprint density at radius 2 is 1.77 bits per heavy atom. The van der Waals surface area contributed by atoms with Crippen molar-refractivity contribution in [3.8, 4) is 0 Å². The maximum atomic E-state index is 12.3. The van der Waals surface area contributed by atoms with Gasteiger partial charge in [-0.05, 0) is 26.2 Å². The quantitative estimate of drug-likeness (QED) is 0.780. The predicted molar refractivity (Wildman–Crippen MR) is 96.8 cm³/mol. The van der Waals surface area contributed by atoms with E-state index in [-0.39, 0.29) is 23.9 Å². The smallest absolute Gasteiger partial charge is 0.358 e. The monoisotopic (exact) mass is 364 g/mol. The number of aromatic nitrogens is 2. The van der Waals surface area contributed by atoms with Crippen LogP contribution in [0.1, 0.15) is 61.1 Å². The lowest BCUT2D eigenvalue weighted by atomic mass is 10.2. The molecule has 0 unspecified atom stereocenters. The van der Waals surface area contributed by atoms with Gasteiger partial charge < -0.3 is 15.0 Å². The van der Waals surface area contributed by atoms with E-state index in [1.54, 1.807) is 14.0 Å². The molecule has 2 amide bonds. The molecule has 0 bridgehead atoms.